The molecule has 0 fully saturated rings. The van der Waals surface area contributed by atoms with Gasteiger partial charge in [0.05, 0.1) is 18.0 Å². The second-order valence-corrected chi connectivity index (χ2v) is 6.52. The van der Waals surface area contributed by atoms with E-state index in [0.717, 1.165) is 11.1 Å². The zero-order valence-corrected chi connectivity index (χ0v) is 16.4. The van der Waals surface area contributed by atoms with Crippen molar-refractivity contribution in [3.8, 4) is 5.69 Å². The van der Waals surface area contributed by atoms with Crippen LogP contribution in [-0.4, -0.2) is 22.4 Å². The van der Waals surface area contributed by atoms with Crippen LogP contribution >= 0.6 is 11.6 Å². The van der Waals surface area contributed by atoms with Crippen molar-refractivity contribution in [1.82, 2.24) is 9.78 Å². The lowest BCUT2D eigenvalue weighted by Crippen LogP contribution is -2.26. The molecule has 7 heteroatoms. The molecule has 1 N–H and O–H groups in total. The second-order valence-electron chi connectivity index (χ2n) is 6.11. The van der Waals surface area contributed by atoms with E-state index in [1.54, 1.807) is 19.1 Å². The lowest BCUT2D eigenvalue weighted by atomic mass is 10.2. The monoisotopic (exact) mass is 397 g/mol. The minimum atomic E-state index is -0.605. The summed E-state index contributed by atoms with van der Waals surface area (Å²) in [5.41, 5.74) is 2.29. The normalized spacial score (nSPS) is 10.5. The Labute approximate surface area is 167 Å². The molecule has 28 heavy (non-hydrogen) atoms. The highest BCUT2D eigenvalue weighted by molar-refractivity contribution is 6.31. The van der Waals surface area contributed by atoms with Crippen molar-refractivity contribution >= 4 is 23.3 Å². The van der Waals surface area contributed by atoms with E-state index in [1.165, 1.54) is 10.7 Å². The molecule has 0 spiro atoms. The largest absolute Gasteiger partial charge is 0.461 e. The number of nitrogens with one attached hydrogen (secondary N) is 1. The maximum atomic E-state index is 12.7. The van der Waals surface area contributed by atoms with Crippen molar-refractivity contribution in [2.24, 2.45) is 0 Å². The maximum Gasteiger partial charge on any atom is 0.360 e. The molecule has 0 aliphatic rings. The van der Waals surface area contributed by atoms with Gasteiger partial charge in [0.15, 0.2) is 5.69 Å². The van der Waals surface area contributed by atoms with Crippen LogP contribution < -0.4 is 10.9 Å². The molecule has 1 aromatic heterocycles. The van der Waals surface area contributed by atoms with Crippen molar-refractivity contribution < 1.29 is 9.53 Å². The van der Waals surface area contributed by atoms with Gasteiger partial charge in [-0.2, -0.15) is 9.78 Å². The van der Waals surface area contributed by atoms with Crippen LogP contribution in [-0.2, 0) is 11.3 Å². The van der Waals surface area contributed by atoms with Crippen LogP contribution in [0.3, 0.4) is 0 Å². The number of ether oxygens (including phenoxy) is 1. The Morgan fingerprint density at radius 3 is 2.61 bits per heavy atom. The number of carbonyl (C=O) groups is 1. The average molecular weight is 398 g/mol. The summed E-state index contributed by atoms with van der Waals surface area (Å²) in [7, 11) is 0. The fourth-order valence-corrected chi connectivity index (χ4v) is 2.95. The Morgan fingerprint density at radius 2 is 1.89 bits per heavy atom. The maximum absolute atomic E-state index is 12.7. The van der Waals surface area contributed by atoms with Gasteiger partial charge in [0.2, 0.25) is 0 Å². The Morgan fingerprint density at radius 1 is 1.18 bits per heavy atom. The van der Waals surface area contributed by atoms with E-state index in [-0.39, 0.29) is 17.9 Å². The van der Waals surface area contributed by atoms with E-state index < -0.39 is 5.97 Å². The first-order chi connectivity index (χ1) is 13.5. The molecule has 0 saturated carbocycles. The van der Waals surface area contributed by atoms with Crippen LogP contribution in [0, 0.1) is 6.92 Å². The summed E-state index contributed by atoms with van der Waals surface area (Å²) in [5.74, 6) is -0.605. The molecule has 0 aliphatic heterocycles. The number of nitrogens with zero attached hydrogens (tertiary/aromatic N) is 2. The molecular weight excluding hydrogens is 378 g/mol. The number of hydrogen-bond donors (Lipinski definition) is 1. The number of aryl methyl sites for hydroxylation is 1. The van der Waals surface area contributed by atoms with Gasteiger partial charge in [0.25, 0.3) is 5.56 Å². The van der Waals surface area contributed by atoms with Gasteiger partial charge in [-0.15, -0.1) is 0 Å². The van der Waals surface area contributed by atoms with Crippen LogP contribution in [0.4, 0.5) is 5.69 Å². The summed E-state index contributed by atoms with van der Waals surface area (Å²) in [4.78, 5) is 25.1. The third kappa shape index (κ3) is 4.23. The zero-order chi connectivity index (χ0) is 20.1. The minimum absolute atomic E-state index is 0.0387. The van der Waals surface area contributed by atoms with Gasteiger partial charge in [-0.05, 0) is 37.1 Å². The molecule has 3 aromatic rings. The predicted octanol–water partition coefficient (Wildman–Crippen LogP) is 3.98. The topological polar surface area (TPSA) is 73.2 Å². The zero-order valence-electron chi connectivity index (χ0n) is 15.6. The highest BCUT2D eigenvalue weighted by Gasteiger charge is 2.19. The first kappa shape index (κ1) is 19.6. The van der Waals surface area contributed by atoms with Crippen molar-refractivity contribution in [3.05, 3.63) is 86.8 Å². The summed E-state index contributed by atoms with van der Waals surface area (Å²) < 4.78 is 6.33. The number of halogens is 1. The number of esters is 1. The van der Waals surface area contributed by atoms with Gasteiger partial charge >= 0.3 is 5.97 Å². The summed E-state index contributed by atoms with van der Waals surface area (Å²) in [6, 6.07) is 16.0. The summed E-state index contributed by atoms with van der Waals surface area (Å²) >= 11 is 6.18. The lowest BCUT2D eigenvalue weighted by molar-refractivity contribution is 0.0518. The Balaban J connectivity index is 2.03. The van der Waals surface area contributed by atoms with Gasteiger partial charge < -0.3 is 10.1 Å². The molecule has 144 valence electrons. The number of aromatic nitrogens is 2. The van der Waals surface area contributed by atoms with Crippen molar-refractivity contribution in [1.29, 1.82) is 0 Å². The Hall–Kier alpha value is -3.12. The van der Waals surface area contributed by atoms with Crippen molar-refractivity contribution in [2.75, 3.05) is 11.9 Å². The van der Waals surface area contributed by atoms with Crippen LogP contribution in [0.1, 0.15) is 28.5 Å². The van der Waals surface area contributed by atoms with Gasteiger partial charge in [-0.3, -0.25) is 4.79 Å². The summed E-state index contributed by atoms with van der Waals surface area (Å²) in [6.07, 6.45) is 0. The summed E-state index contributed by atoms with van der Waals surface area (Å²) in [5, 5.41) is 7.96. The molecule has 6 nitrogen and oxygen atoms in total. The number of benzene rings is 2. The van der Waals surface area contributed by atoms with Crippen molar-refractivity contribution in [3.63, 3.8) is 0 Å². The highest BCUT2D eigenvalue weighted by Crippen LogP contribution is 2.19. The molecule has 1 heterocycles. The SMILES string of the molecule is CCOC(=O)c1nn(-c2ccccc2C)c(=O)cc1NCc1ccccc1Cl. The number of para-hydroxylation sites is 1. The van der Waals surface area contributed by atoms with Gasteiger partial charge in [0.1, 0.15) is 0 Å². The van der Waals surface area contributed by atoms with E-state index in [4.69, 9.17) is 16.3 Å². The standard InChI is InChI=1S/C21H20ClN3O3/c1-3-28-21(27)20-17(23-13-15-9-5-6-10-16(15)22)12-19(26)25(24-20)18-11-7-4-8-14(18)2/h4-12,23H,3,13H2,1-2H3. The molecule has 2 aromatic carbocycles. The van der Waals surface area contributed by atoms with Gasteiger partial charge in [0, 0.05) is 17.6 Å². The van der Waals surface area contributed by atoms with E-state index in [0.29, 0.717) is 22.9 Å². The Kier molecular flexibility index (Phi) is 6.11. The molecule has 0 saturated heterocycles. The van der Waals surface area contributed by atoms with Crippen LogP contribution in [0.15, 0.2) is 59.4 Å². The third-order valence-electron chi connectivity index (χ3n) is 4.17. The predicted molar refractivity (Wildman–Crippen MR) is 109 cm³/mol. The third-order valence-corrected chi connectivity index (χ3v) is 4.54. The van der Waals surface area contributed by atoms with E-state index in [1.807, 2.05) is 43.3 Å². The Bertz CT molecular complexity index is 1060. The molecule has 0 atom stereocenters. The van der Waals surface area contributed by atoms with E-state index >= 15 is 0 Å². The van der Waals surface area contributed by atoms with Gasteiger partial charge in [-0.1, -0.05) is 48.0 Å². The highest BCUT2D eigenvalue weighted by atomic mass is 35.5. The first-order valence-corrected chi connectivity index (χ1v) is 9.24. The minimum Gasteiger partial charge on any atom is -0.461 e. The molecule has 0 bridgehead atoms. The number of anilines is 1. The number of rotatable bonds is 6. The van der Waals surface area contributed by atoms with Gasteiger partial charge in [-0.25, -0.2) is 4.79 Å². The second kappa shape index (κ2) is 8.71. The smallest absolute Gasteiger partial charge is 0.360 e. The molecule has 0 aliphatic carbocycles. The van der Waals surface area contributed by atoms with E-state index in [9.17, 15) is 9.59 Å². The first-order valence-electron chi connectivity index (χ1n) is 8.86. The fourth-order valence-electron chi connectivity index (χ4n) is 2.75. The molecule has 0 unspecified atom stereocenters. The van der Waals surface area contributed by atoms with Crippen LogP contribution in [0.2, 0.25) is 5.02 Å². The number of hydrogen-bond acceptors (Lipinski definition) is 5. The fraction of sp³-hybridized carbons (Fsp3) is 0.190. The molecule has 0 radical (unpaired) electrons. The number of carbonyl (C=O) groups excluding carboxylic acids is 1. The van der Waals surface area contributed by atoms with Crippen molar-refractivity contribution in [2.45, 2.75) is 20.4 Å². The summed E-state index contributed by atoms with van der Waals surface area (Å²) in [6.45, 7) is 4.12. The quantitative estimate of drug-likeness (QED) is 0.637. The van der Waals surface area contributed by atoms with E-state index in [2.05, 4.69) is 10.4 Å². The lowest BCUT2D eigenvalue weighted by Gasteiger charge is -2.14. The molecular formula is C21H20ClN3O3. The van der Waals surface area contributed by atoms with Crippen LogP contribution in [0.5, 0.6) is 0 Å². The molecule has 0 amide bonds. The average Bonchev–Trinajstić information content (AvgIpc) is 2.68. The van der Waals surface area contributed by atoms with Crippen LogP contribution in [0.25, 0.3) is 5.69 Å². The molecule has 3 rings (SSSR count).